The zero-order chi connectivity index (χ0) is 29.5. The number of allylic oxidation sites excluding steroid dienone is 1. The zero-order valence-corrected chi connectivity index (χ0v) is 22.1. The number of aryl methyl sites for hydroxylation is 1. The summed E-state index contributed by atoms with van der Waals surface area (Å²) in [6, 6.07) is 1.15. The van der Waals surface area contributed by atoms with Crippen molar-refractivity contribution in [2.45, 2.75) is 71.2 Å². The summed E-state index contributed by atoms with van der Waals surface area (Å²) in [4.78, 5) is 24.7. The molecule has 1 atom stereocenters. The normalized spacial score (nSPS) is 12.6. The highest BCUT2D eigenvalue weighted by molar-refractivity contribution is 5.75. The third kappa shape index (κ3) is 9.04. The van der Waals surface area contributed by atoms with Crippen LogP contribution in [0.5, 0.6) is 0 Å². The molecule has 0 bridgehead atoms. The average molecular weight is 560 g/mol. The fourth-order valence-corrected chi connectivity index (χ4v) is 3.91. The number of ether oxygens (including phenoxy) is 2. The van der Waals surface area contributed by atoms with Gasteiger partial charge in [0.2, 0.25) is 0 Å². The van der Waals surface area contributed by atoms with Gasteiger partial charge in [-0.2, -0.15) is 13.2 Å². The zero-order valence-electron chi connectivity index (χ0n) is 22.1. The lowest BCUT2D eigenvalue weighted by molar-refractivity contribution is -0.143. The summed E-state index contributed by atoms with van der Waals surface area (Å²) in [5.41, 5.74) is -4.24. The number of alkyl carbamates (subject to hydrolysis) is 1. The molecule has 2 rings (SSSR count). The van der Waals surface area contributed by atoms with E-state index in [2.05, 4.69) is 11.9 Å². The predicted molar refractivity (Wildman–Crippen MR) is 133 cm³/mol. The first-order chi connectivity index (χ1) is 18.1. The average Bonchev–Trinajstić information content (AvgIpc) is 2.77. The molecule has 1 amide bonds. The number of rotatable bonds is 10. The number of alkyl halides is 3. The van der Waals surface area contributed by atoms with Crippen LogP contribution in [0.4, 0.5) is 31.1 Å². The molecule has 0 spiro atoms. The topological polar surface area (TPSA) is 64.6 Å². The van der Waals surface area contributed by atoms with Crippen molar-refractivity contribution in [3.63, 3.8) is 0 Å². The maximum Gasteiger partial charge on any atom is 0.419 e. The molecular formula is C28H31F6NO4. The highest BCUT2D eigenvalue weighted by Gasteiger charge is 2.38. The first-order valence-electron chi connectivity index (χ1n) is 12.2. The molecule has 2 aromatic carbocycles. The number of hydrogen-bond donors (Lipinski definition) is 1. The first kappa shape index (κ1) is 31.7. The Morgan fingerprint density at radius 2 is 1.74 bits per heavy atom. The second-order valence-electron chi connectivity index (χ2n) is 9.74. The number of amides is 1. The van der Waals surface area contributed by atoms with Crippen molar-refractivity contribution >= 4 is 12.1 Å². The summed E-state index contributed by atoms with van der Waals surface area (Å²) in [5.74, 6) is -4.80. The minimum Gasteiger partial charge on any atom is -0.466 e. The van der Waals surface area contributed by atoms with Crippen LogP contribution in [0, 0.1) is 17.5 Å². The maximum absolute atomic E-state index is 15.4. The largest absolute Gasteiger partial charge is 0.466 e. The molecule has 0 heterocycles. The van der Waals surface area contributed by atoms with E-state index >= 15 is 8.78 Å². The molecule has 0 saturated carbocycles. The SMILES string of the molecule is C=CCCCc1cc(F)cc(F)c1-c1cc([C@H](CC(=O)OCC)NC(=O)OC(C)(C)C)c(F)c(C(F)(F)F)c1. The third-order valence-electron chi connectivity index (χ3n) is 5.43. The molecule has 0 aromatic heterocycles. The quantitative estimate of drug-likeness (QED) is 0.140. The second-order valence-corrected chi connectivity index (χ2v) is 9.74. The summed E-state index contributed by atoms with van der Waals surface area (Å²) in [6.45, 7) is 9.57. The van der Waals surface area contributed by atoms with Crippen molar-refractivity contribution in [3.05, 3.63) is 71.1 Å². The number of nitrogens with one attached hydrogen (secondary N) is 1. The van der Waals surface area contributed by atoms with E-state index in [0.29, 0.717) is 25.0 Å². The molecule has 0 aliphatic heterocycles. The fraction of sp³-hybridized carbons (Fsp3) is 0.429. The van der Waals surface area contributed by atoms with E-state index < -0.39 is 70.4 Å². The number of unbranched alkanes of at least 4 members (excludes halogenated alkanes) is 1. The van der Waals surface area contributed by atoms with Gasteiger partial charge in [-0.15, -0.1) is 6.58 Å². The lowest BCUT2D eigenvalue weighted by atomic mass is 9.90. The van der Waals surface area contributed by atoms with E-state index in [9.17, 15) is 27.2 Å². The summed E-state index contributed by atoms with van der Waals surface area (Å²) in [6.07, 6.45) is -4.57. The van der Waals surface area contributed by atoms with E-state index in [-0.39, 0.29) is 24.2 Å². The van der Waals surface area contributed by atoms with Gasteiger partial charge in [0.1, 0.15) is 23.1 Å². The van der Waals surface area contributed by atoms with Gasteiger partial charge in [-0.05, 0) is 76.3 Å². The predicted octanol–water partition coefficient (Wildman–Crippen LogP) is 7.82. The molecule has 0 radical (unpaired) electrons. The van der Waals surface area contributed by atoms with E-state index in [1.807, 2.05) is 0 Å². The molecular weight excluding hydrogens is 528 g/mol. The Morgan fingerprint density at radius 1 is 1.08 bits per heavy atom. The van der Waals surface area contributed by atoms with E-state index in [0.717, 1.165) is 12.1 Å². The van der Waals surface area contributed by atoms with Gasteiger partial charge in [0.25, 0.3) is 0 Å². The number of hydrogen-bond acceptors (Lipinski definition) is 4. The number of carbonyl (C=O) groups is 2. The smallest absolute Gasteiger partial charge is 0.419 e. The first-order valence-corrected chi connectivity index (χ1v) is 12.2. The van der Waals surface area contributed by atoms with Gasteiger partial charge in [0.05, 0.1) is 24.6 Å². The Kier molecular flexibility index (Phi) is 10.6. The molecule has 2 aromatic rings. The standard InChI is InChI=1S/C28H31F6NO4/c1-6-8-9-10-16-11-18(29)14-21(30)24(16)17-12-19(25(31)20(13-17)28(32,33)34)22(15-23(36)38-7-2)35-26(37)39-27(3,4)5/h6,11-14,22H,1,7-10,15H2,2-5H3,(H,35,37)/t22-/m0/s1. The molecule has 0 unspecified atom stereocenters. The minimum atomic E-state index is -5.23. The Labute approximate surface area is 223 Å². The summed E-state index contributed by atoms with van der Waals surface area (Å²) < 4.78 is 96.4. The molecule has 5 nitrogen and oxygen atoms in total. The van der Waals surface area contributed by atoms with E-state index in [1.54, 1.807) is 6.08 Å². The molecule has 214 valence electrons. The monoisotopic (exact) mass is 559 g/mol. The molecule has 0 aliphatic rings. The summed E-state index contributed by atoms with van der Waals surface area (Å²) in [5, 5.41) is 2.22. The third-order valence-corrected chi connectivity index (χ3v) is 5.43. The molecule has 0 saturated heterocycles. The molecule has 0 fully saturated rings. The van der Waals surface area contributed by atoms with Gasteiger partial charge in [-0.3, -0.25) is 4.79 Å². The van der Waals surface area contributed by atoms with Crippen LogP contribution in [-0.4, -0.2) is 24.3 Å². The van der Waals surface area contributed by atoms with Crippen molar-refractivity contribution in [1.82, 2.24) is 5.32 Å². The molecule has 0 aliphatic carbocycles. The van der Waals surface area contributed by atoms with E-state index in [1.165, 1.54) is 27.7 Å². The Balaban J connectivity index is 2.79. The van der Waals surface area contributed by atoms with Crippen LogP contribution in [0.15, 0.2) is 36.9 Å². The minimum absolute atomic E-state index is 0.0575. The van der Waals surface area contributed by atoms with Crippen LogP contribution in [0.2, 0.25) is 0 Å². The van der Waals surface area contributed by atoms with Crippen molar-refractivity contribution < 1.29 is 45.4 Å². The van der Waals surface area contributed by atoms with Crippen LogP contribution >= 0.6 is 0 Å². The molecule has 39 heavy (non-hydrogen) atoms. The van der Waals surface area contributed by atoms with Crippen LogP contribution in [0.25, 0.3) is 11.1 Å². The van der Waals surface area contributed by atoms with Crippen molar-refractivity contribution in [2.24, 2.45) is 0 Å². The lowest BCUT2D eigenvalue weighted by Crippen LogP contribution is -2.36. The van der Waals surface area contributed by atoms with Crippen molar-refractivity contribution in [1.29, 1.82) is 0 Å². The van der Waals surface area contributed by atoms with E-state index in [4.69, 9.17) is 9.47 Å². The molecule has 1 N–H and O–H groups in total. The van der Waals surface area contributed by atoms with Crippen LogP contribution < -0.4 is 5.32 Å². The van der Waals surface area contributed by atoms with Gasteiger partial charge in [0.15, 0.2) is 0 Å². The van der Waals surface area contributed by atoms with Crippen LogP contribution in [0.3, 0.4) is 0 Å². The Bertz CT molecular complexity index is 1200. The van der Waals surface area contributed by atoms with Gasteiger partial charge >= 0.3 is 18.2 Å². The Hall–Kier alpha value is -3.50. The highest BCUT2D eigenvalue weighted by atomic mass is 19.4. The van der Waals surface area contributed by atoms with Crippen molar-refractivity contribution in [2.75, 3.05) is 6.61 Å². The number of halogens is 6. The van der Waals surface area contributed by atoms with Gasteiger partial charge in [0, 0.05) is 17.2 Å². The van der Waals surface area contributed by atoms with Crippen LogP contribution in [-0.2, 0) is 26.9 Å². The van der Waals surface area contributed by atoms with Crippen molar-refractivity contribution in [3.8, 4) is 11.1 Å². The number of carbonyl (C=O) groups excluding carboxylic acids is 2. The molecule has 11 heteroatoms. The summed E-state index contributed by atoms with van der Waals surface area (Å²) in [7, 11) is 0. The van der Waals surface area contributed by atoms with Gasteiger partial charge in [-0.1, -0.05) is 6.08 Å². The second kappa shape index (κ2) is 13.0. The lowest BCUT2D eigenvalue weighted by Gasteiger charge is -2.25. The van der Waals surface area contributed by atoms with Crippen LogP contribution in [0.1, 0.15) is 69.7 Å². The summed E-state index contributed by atoms with van der Waals surface area (Å²) >= 11 is 0. The highest BCUT2D eigenvalue weighted by Crippen LogP contribution is 2.40. The fourth-order valence-electron chi connectivity index (χ4n) is 3.91. The van der Waals surface area contributed by atoms with Gasteiger partial charge in [-0.25, -0.2) is 18.0 Å². The number of esters is 1. The number of benzene rings is 2. The maximum atomic E-state index is 15.4. The van der Waals surface area contributed by atoms with Gasteiger partial charge < -0.3 is 14.8 Å². The Morgan fingerprint density at radius 3 is 2.31 bits per heavy atom.